The molecule has 2 aromatic carbocycles. The maximum atomic E-state index is 13.1. The Labute approximate surface area is 115 Å². The minimum atomic E-state index is -0.180. The highest BCUT2D eigenvalue weighted by Gasteiger charge is 2.06. The van der Waals surface area contributed by atoms with E-state index in [-0.39, 0.29) is 11.9 Å². The smallest absolute Gasteiger partial charge is 0.123 e. The van der Waals surface area contributed by atoms with Crippen molar-refractivity contribution in [3.05, 3.63) is 64.4 Å². The van der Waals surface area contributed by atoms with Crippen LogP contribution < -0.4 is 5.32 Å². The molecule has 0 aliphatic carbocycles. The van der Waals surface area contributed by atoms with Gasteiger partial charge in [0.05, 0.1) is 0 Å². The van der Waals surface area contributed by atoms with Crippen molar-refractivity contribution < 1.29 is 4.39 Å². The van der Waals surface area contributed by atoms with E-state index in [0.717, 1.165) is 22.1 Å². The highest BCUT2D eigenvalue weighted by molar-refractivity contribution is 9.10. The topological polar surface area (TPSA) is 12.0 Å². The van der Waals surface area contributed by atoms with E-state index in [9.17, 15) is 4.39 Å². The number of para-hydroxylation sites is 1. The first-order chi connectivity index (χ1) is 8.65. The van der Waals surface area contributed by atoms with Crippen LogP contribution in [0, 0.1) is 5.82 Å². The summed E-state index contributed by atoms with van der Waals surface area (Å²) in [5.74, 6) is -0.180. The highest BCUT2D eigenvalue weighted by Crippen LogP contribution is 2.22. The van der Waals surface area contributed by atoms with Crippen LogP contribution in [-0.2, 0) is 6.42 Å². The first-order valence-electron chi connectivity index (χ1n) is 5.90. The van der Waals surface area contributed by atoms with Crippen LogP contribution in [0.4, 0.5) is 10.1 Å². The summed E-state index contributed by atoms with van der Waals surface area (Å²) in [6.45, 7) is 2.09. The molecule has 1 nitrogen and oxygen atoms in total. The fourth-order valence-electron chi connectivity index (χ4n) is 1.91. The van der Waals surface area contributed by atoms with Crippen LogP contribution in [0.5, 0.6) is 0 Å². The van der Waals surface area contributed by atoms with Gasteiger partial charge in [0.1, 0.15) is 5.82 Å². The Kier molecular flexibility index (Phi) is 4.37. The number of benzene rings is 2. The normalized spacial score (nSPS) is 12.2. The van der Waals surface area contributed by atoms with Crippen molar-refractivity contribution in [1.29, 1.82) is 0 Å². The molecule has 2 rings (SSSR count). The lowest BCUT2D eigenvalue weighted by molar-refractivity contribution is 0.624. The second-order valence-electron chi connectivity index (χ2n) is 4.36. The fraction of sp³-hybridized carbons (Fsp3) is 0.200. The van der Waals surface area contributed by atoms with E-state index in [1.54, 1.807) is 12.1 Å². The SMILES string of the molecule is CC(Cc1cccc(F)c1)Nc1ccccc1Br. The Morgan fingerprint density at radius 1 is 1.17 bits per heavy atom. The Bertz CT molecular complexity index is 527. The van der Waals surface area contributed by atoms with E-state index in [2.05, 4.69) is 28.2 Å². The maximum absolute atomic E-state index is 13.1. The molecule has 0 aromatic heterocycles. The third-order valence-electron chi connectivity index (χ3n) is 2.71. The van der Waals surface area contributed by atoms with Gasteiger partial charge in [0.25, 0.3) is 0 Å². The summed E-state index contributed by atoms with van der Waals surface area (Å²) in [5, 5.41) is 3.41. The van der Waals surface area contributed by atoms with Crippen LogP contribution in [0.25, 0.3) is 0 Å². The summed E-state index contributed by atoms with van der Waals surface area (Å²) in [5.41, 5.74) is 2.06. The summed E-state index contributed by atoms with van der Waals surface area (Å²) < 4.78 is 14.1. The zero-order chi connectivity index (χ0) is 13.0. The standard InChI is InChI=1S/C15H15BrFN/c1-11(9-12-5-4-6-13(17)10-12)18-15-8-3-2-7-14(15)16/h2-8,10-11,18H,9H2,1H3. The van der Waals surface area contributed by atoms with E-state index in [1.807, 2.05) is 30.3 Å². The average molecular weight is 308 g/mol. The van der Waals surface area contributed by atoms with Crippen molar-refractivity contribution in [3.8, 4) is 0 Å². The monoisotopic (exact) mass is 307 g/mol. The minimum absolute atomic E-state index is 0.180. The van der Waals surface area contributed by atoms with E-state index < -0.39 is 0 Å². The second kappa shape index (κ2) is 6.01. The van der Waals surface area contributed by atoms with Crippen LogP contribution in [0.15, 0.2) is 53.0 Å². The van der Waals surface area contributed by atoms with Gasteiger partial charge in [-0.15, -0.1) is 0 Å². The molecule has 0 heterocycles. The van der Waals surface area contributed by atoms with Crippen molar-refractivity contribution in [1.82, 2.24) is 0 Å². The van der Waals surface area contributed by atoms with Crippen LogP contribution in [-0.4, -0.2) is 6.04 Å². The predicted molar refractivity (Wildman–Crippen MR) is 77.3 cm³/mol. The highest BCUT2D eigenvalue weighted by atomic mass is 79.9. The van der Waals surface area contributed by atoms with E-state index in [0.29, 0.717) is 0 Å². The number of nitrogens with one attached hydrogen (secondary N) is 1. The molecule has 94 valence electrons. The Hall–Kier alpha value is -1.35. The number of anilines is 1. The Morgan fingerprint density at radius 2 is 1.94 bits per heavy atom. The van der Waals surface area contributed by atoms with Gasteiger partial charge in [-0.3, -0.25) is 0 Å². The second-order valence-corrected chi connectivity index (χ2v) is 5.21. The molecule has 0 saturated carbocycles. The molecule has 0 aliphatic rings. The molecular weight excluding hydrogens is 293 g/mol. The molecule has 1 unspecified atom stereocenters. The molecule has 0 saturated heterocycles. The molecule has 0 spiro atoms. The zero-order valence-corrected chi connectivity index (χ0v) is 11.7. The predicted octanol–water partition coefficient (Wildman–Crippen LogP) is 4.63. The van der Waals surface area contributed by atoms with Crippen LogP contribution in [0.1, 0.15) is 12.5 Å². The van der Waals surface area contributed by atoms with Crippen LogP contribution >= 0.6 is 15.9 Å². The molecule has 1 N–H and O–H groups in total. The quantitative estimate of drug-likeness (QED) is 0.868. The lowest BCUT2D eigenvalue weighted by atomic mass is 10.1. The largest absolute Gasteiger partial charge is 0.381 e. The molecular formula is C15H15BrFN. The van der Waals surface area contributed by atoms with Crippen LogP contribution in [0.2, 0.25) is 0 Å². The van der Waals surface area contributed by atoms with Crippen molar-refractivity contribution in [2.45, 2.75) is 19.4 Å². The van der Waals surface area contributed by atoms with E-state index >= 15 is 0 Å². The van der Waals surface area contributed by atoms with Crippen molar-refractivity contribution >= 4 is 21.6 Å². The van der Waals surface area contributed by atoms with Crippen molar-refractivity contribution in [3.63, 3.8) is 0 Å². The van der Waals surface area contributed by atoms with Gasteiger partial charge in [-0.25, -0.2) is 4.39 Å². The van der Waals surface area contributed by atoms with Crippen molar-refractivity contribution in [2.75, 3.05) is 5.32 Å². The first-order valence-corrected chi connectivity index (χ1v) is 6.70. The van der Waals surface area contributed by atoms with Gasteiger partial charge in [0, 0.05) is 16.2 Å². The molecule has 3 heteroatoms. The number of hydrogen-bond acceptors (Lipinski definition) is 1. The Balaban J connectivity index is 2.01. The number of halogens is 2. The maximum Gasteiger partial charge on any atom is 0.123 e. The summed E-state index contributed by atoms with van der Waals surface area (Å²) in [6, 6.07) is 15.0. The minimum Gasteiger partial charge on any atom is -0.381 e. The van der Waals surface area contributed by atoms with Gasteiger partial charge < -0.3 is 5.32 Å². The van der Waals surface area contributed by atoms with Crippen molar-refractivity contribution in [2.24, 2.45) is 0 Å². The van der Waals surface area contributed by atoms with Crippen LogP contribution in [0.3, 0.4) is 0 Å². The molecule has 0 fully saturated rings. The lowest BCUT2D eigenvalue weighted by Gasteiger charge is -2.16. The van der Waals surface area contributed by atoms with Gasteiger partial charge in [-0.1, -0.05) is 24.3 Å². The lowest BCUT2D eigenvalue weighted by Crippen LogP contribution is -2.18. The molecule has 0 bridgehead atoms. The molecule has 18 heavy (non-hydrogen) atoms. The van der Waals surface area contributed by atoms with Gasteiger partial charge in [0.15, 0.2) is 0 Å². The van der Waals surface area contributed by atoms with E-state index in [1.165, 1.54) is 6.07 Å². The Morgan fingerprint density at radius 3 is 2.67 bits per heavy atom. The summed E-state index contributed by atoms with van der Waals surface area (Å²) >= 11 is 3.50. The van der Waals surface area contributed by atoms with Gasteiger partial charge in [-0.2, -0.15) is 0 Å². The summed E-state index contributed by atoms with van der Waals surface area (Å²) in [4.78, 5) is 0. The van der Waals surface area contributed by atoms with E-state index in [4.69, 9.17) is 0 Å². The average Bonchev–Trinajstić information content (AvgIpc) is 2.32. The molecule has 0 amide bonds. The summed E-state index contributed by atoms with van der Waals surface area (Å²) in [7, 11) is 0. The first kappa shape index (κ1) is 13.1. The molecule has 1 atom stereocenters. The molecule has 0 radical (unpaired) electrons. The molecule has 0 aliphatic heterocycles. The van der Waals surface area contributed by atoms with Gasteiger partial charge in [-0.05, 0) is 59.1 Å². The number of hydrogen-bond donors (Lipinski definition) is 1. The third kappa shape index (κ3) is 3.57. The zero-order valence-electron chi connectivity index (χ0n) is 10.2. The summed E-state index contributed by atoms with van der Waals surface area (Å²) in [6.07, 6.45) is 0.791. The van der Waals surface area contributed by atoms with Gasteiger partial charge >= 0.3 is 0 Å². The fourth-order valence-corrected chi connectivity index (χ4v) is 2.31. The molecule has 2 aromatic rings. The number of rotatable bonds is 4. The van der Waals surface area contributed by atoms with Gasteiger partial charge in [0.2, 0.25) is 0 Å². The third-order valence-corrected chi connectivity index (χ3v) is 3.40.